The molecule has 2 rings (SSSR count). The van der Waals surface area contributed by atoms with E-state index in [-0.39, 0.29) is 5.92 Å². The quantitative estimate of drug-likeness (QED) is 0.867. The summed E-state index contributed by atoms with van der Waals surface area (Å²) >= 11 is 0. The molecule has 0 radical (unpaired) electrons. The zero-order chi connectivity index (χ0) is 13.8. The molecule has 1 heterocycles. The van der Waals surface area contributed by atoms with E-state index in [0.717, 1.165) is 29.3 Å². The molecule has 0 bridgehead atoms. The van der Waals surface area contributed by atoms with Crippen molar-refractivity contribution < 1.29 is 10.2 Å². The Kier molecular flexibility index (Phi) is 4.51. The fraction of sp³-hybridized carbons (Fsp3) is 0.438. The van der Waals surface area contributed by atoms with Crippen LogP contribution in [0.25, 0.3) is 10.9 Å². The van der Waals surface area contributed by atoms with E-state index in [4.69, 9.17) is 0 Å². The molecule has 0 aliphatic carbocycles. The number of fused-ring (bicyclic) bond motifs is 1. The van der Waals surface area contributed by atoms with Gasteiger partial charge in [-0.15, -0.1) is 0 Å². The van der Waals surface area contributed by atoms with E-state index in [0.29, 0.717) is 0 Å². The van der Waals surface area contributed by atoms with Crippen LogP contribution in [0, 0.1) is 5.92 Å². The molecule has 2 N–H and O–H groups in total. The van der Waals surface area contributed by atoms with Gasteiger partial charge in [-0.3, -0.25) is 4.98 Å². The minimum absolute atomic E-state index is 0.125. The summed E-state index contributed by atoms with van der Waals surface area (Å²) in [6.45, 7) is 4.07. The highest BCUT2D eigenvalue weighted by Crippen LogP contribution is 2.27. The van der Waals surface area contributed by atoms with Gasteiger partial charge in [0.15, 0.2) is 0 Å². The van der Waals surface area contributed by atoms with E-state index in [1.165, 1.54) is 0 Å². The van der Waals surface area contributed by atoms with Crippen molar-refractivity contribution in [2.75, 3.05) is 0 Å². The van der Waals surface area contributed by atoms with Gasteiger partial charge in [0.05, 0.1) is 11.6 Å². The molecule has 0 aliphatic rings. The van der Waals surface area contributed by atoms with E-state index < -0.39 is 12.2 Å². The van der Waals surface area contributed by atoms with Crippen LogP contribution in [0.1, 0.15) is 38.4 Å². The summed E-state index contributed by atoms with van der Waals surface area (Å²) in [7, 11) is 0. The van der Waals surface area contributed by atoms with Gasteiger partial charge in [-0.05, 0) is 29.7 Å². The van der Waals surface area contributed by atoms with Gasteiger partial charge in [0.25, 0.3) is 0 Å². The summed E-state index contributed by atoms with van der Waals surface area (Å²) in [6, 6.07) is 9.45. The molecule has 2 aromatic rings. The highest BCUT2D eigenvalue weighted by molar-refractivity contribution is 5.79. The molecule has 0 saturated carbocycles. The lowest BCUT2D eigenvalue weighted by molar-refractivity contribution is -0.0208. The third-order valence-electron chi connectivity index (χ3n) is 3.82. The maximum absolute atomic E-state index is 10.3. The molecular weight excluding hydrogens is 238 g/mol. The number of benzene rings is 1. The standard InChI is InChI=1S/C16H21NO2/c1-3-11(4-2)15(18)16(19)13-7-8-14-12(10-13)6-5-9-17-14/h5-11,15-16,18-19H,3-4H2,1-2H3. The van der Waals surface area contributed by atoms with Gasteiger partial charge in [0.2, 0.25) is 0 Å². The summed E-state index contributed by atoms with van der Waals surface area (Å²) in [5.41, 5.74) is 1.65. The van der Waals surface area contributed by atoms with Gasteiger partial charge in [-0.1, -0.05) is 38.8 Å². The smallest absolute Gasteiger partial charge is 0.105 e. The Morgan fingerprint density at radius 3 is 2.53 bits per heavy atom. The fourth-order valence-electron chi connectivity index (χ4n) is 2.50. The molecule has 0 spiro atoms. The van der Waals surface area contributed by atoms with Gasteiger partial charge < -0.3 is 10.2 Å². The van der Waals surface area contributed by atoms with Crippen LogP contribution >= 0.6 is 0 Å². The van der Waals surface area contributed by atoms with Gasteiger partial charge in [0.1, 0.15) is 6.10 Å². The van der Waals surface area contributed by atoms with Crippen molar-refractivity contribution in [1.29, 1.82) is 0 Å². The Morgan fingerprint density at radius 2 is 1.84 bits per heavy atom. The van der Waals surface area contributed by atoms with Crippen molar-refractivity contribution in [1.82, 2.24) is 4.98 Å². The Balaban J connectivity index is 2.28. The molecule has 102 valence electrons. The molecule has 0 saturated heterocycles. The normalized spacial score (nSPS) is 14.8. The van der Waals surface area contributed by atoms with Gasteiger partial charge in [-0.2, -0.15) is 0 Å². The number of hydrogen-bond donors (Lipinski definition) is 2. The highest BCUT2D eigenvalue weighted by atomic mass is 16.3. The predicted octanol–water partition coefficient (Wildman–Crippen LogP) is 3.07. The number of aromatic nitrogens is 1. The van der Waals surface area contributed by atoms with Crippen LogP contribution in [0.5, 0.6) is 0 Å². The largest absolute Gasteiger partial charge is 0.390 e. The number of hydrogen-bond acceptors (Lipinski definition) is 3. The Labute approximate surface area is 113 Å². The SMILES string of the molecule is CCC(CC)C(O)C(O)c1ccc2ncccc2c1. The third kappa shape index (κ3) is 2.94. The van der Waals surface area contributed by atoms with Crippen LogP contribution in [-0.4, -0.2) is 21.3 Å². The van der Waals surface area contributed by atoms with Crippen molar-refractivity contribution in [3.8, 4) is 0 Å². The predicted molar refractivity (Wildman–Crippen MR) is 76.8 cm³/mol. The minimum atomic E-state index is -0.838. The molecule has 2 atom stereocenters. The molecule has 3 nitrogen and oxygen atoms in total. The second-order valence-corrected chi connectivity index (χ2v) is 4.97. The summed E-state index contributed by atoms with van der Waals surface area (Å²) in [6.07, 6.45) is 1.92. The first kappa shape index (κ1) is 14.0. The molecule has 0 fully saturated rings. The lowest BCUT2D eigenvalue weighted by Crippen LogP contribution is -2.27. The second-order valence-electron chi connectivity index (χ2n) is 4.97. The van der Waals surface area contributed by atoms with Crippen molar-refractivity contribution in [3.63, 3.8) is 0 Å². The van der Waals surface area contributed by atoms with E-state index in [1.807, 2.05) is 44.2 Å². The minimum Gasteiger partial charge on any atom is -0.390 e. The number of pyridine rings is 1. The van der Waals surface area contributed by atoms with Crippen LogP contribution in [0.15, 0.2) is 36.5 Å². The average molecular weight is 259 g/mol. The molecule has 0 amide bonds. The van der Waals surface area contributed by atoms with Crippen LogP contribution < -0.4 is 0 Å². The van der Waals surface area contributed by atoms with E-state index in [1.54, 1.807) is 6.20 Å². The molecule has 2 unspecified atom stereocenters. The average Bonchev–Trinajstić information content (AvgIpc) is 2.47. The molecule has 1 aromatic carbocycles. The molecular formula is C16H21NO2. The van der Waals surface area contributed by atoms with Crippen molar-refractivity contribution in [3.05, 3.63) is 42.1 Å². The van der Waals surface area contributed by atoms with Crippen LogP contribution in [-0.2, 0) is 0 Å². The van der Waals surface area contributed by atoms with Crippen LogP contribution in [0.4, 0.5) is 0 Å². The molecule has 3 heteroatoms. The second kappa shape index (κ2) is 6.13. The fourth-order valence-corrected chi connectivity index (χ4v) is 2.50. The Bertz CT molecular complexity index is 537. The number of aliphatic hydroxyl groups is 2. The molecule has 1 aromatic heterocycles. The van der Waals surface area contributed by atoms with Gasteiger partial charge in [0, 0.05) is 11.6 Å². The first-order valence-corrected chi connectivity index (χ1v) is 6.88. The van der Waals surface area contributed by atoms with Crippen molar-refractivity contribution >= 4 is 10.9 Å². The topological polar surface area (TPSA) is 53.4 Å². The van der Waals surface area contributed by atoms with E-state index in [9.17, 15) is 10.2 Å². The monoisotopic (exact) mass is 259 g/mol. The molecule has 19 heavy (non-hydrogen) atoms. The molecule has 0 aliphatic heterocycles. The summed E-state index contributed by atoms with van der Waals surface area (Å²) in [5, 5.41) is 21.5. The zero-order valence-electron chi connectivity index (χ0n) is 11.5. The van der Waals surface area contributed by atoms with Gasteiger partial charge >= 0.3 is 0 Å². The highest BCUT2D eigenvalue weighted by Gasteiger charge is 2.25. The number of rotatable bonds is 5. The van der Waals surface area contributed by atoms with Crippen molar-refractivity contribution in [2.24, 2.45) is 5.92 Å². The number of aliphatic hydroxyl groups excluding tert-OH is 2. The van der Waals surface area contributed by atoms with Crippen LogP contribution in [0.2, 0.25) is 0 Å². The van der Waals surface area contributed by atoms with Crippen molar-refractivity contribution in [2.45, 2.75) is 38.9 Å². The number of nitrogens with zero attached hydrogens (tertiary/aromatic N) is 1. The maximum Gasteiger partial charge on any atom is 0.105 e. The lowest BCUT2D eigenvalue weighted by Gasteiger charge is -2.25. The summed E-state index contributed by atoms with van der Waals surface area (Å²) < 4.78 is 0. The Hall–Kier alpha value is -1.45. The van der Waals surface area contributed by atoms with Crippen LogP contribution in [0.3, 0.4) is 0 Å². The lowest BCUT2D eigenvalue weighted by atomic mass is 9.89. The first-order valence-electron chi connectivity index (χ1n) is 6.88. The van der Waals surface area contributed by atoms with E-state index in [2.05, 4.69) is 4.98 Å². The first-order chi connectivity index (χ1) is 9.17. The summed E-state index contributed by atoms with van der Waals surface area (Å²) in [5.74, 6) is 0.125. The Morgan fingerprint density at radius 1 is 1.11 bits per heavy atom. The van der Waals surface area contributed by atoms with E-state index >= 15 is 0 Å². The summed E-state index contributed by atoms with van der Waals surface area (Å²) in [4.78, 5) is 4.25. The van der Waals surface area contributed by atoms with Gasteiger partial charge in [-0.25, -0.2) is 0 Å². The zero-order valence-corrected chi connectivity index (χ0v) is 11.5. The maximum atomic E-state index is 10.3. The third-order valence-corrected chi connectivity index (χ3v) is 3.82.